The van der Waals surface area contributed by atoms with Gasteiger partial charge in [0, 0.05) is 5.92 Å². The molecular weight excluding hydrogens is 270 g/mol. The summed E-state index contributed by atoms with van der Waals surface area (Å²) in [6.07, 6.45) is 2.51. The Morgan fingerprint density at radius 3 is 2.67 bits per heavy atom. The van der Waals surface area contributed by atoms with Gasteiger partial charge in [0.05, 0.1) is 18.2 Å². The molecule has 0 aliphatic heterocycles. The fourth-order valence-electron chi connectivity index (χ4n) is 2.59. The molecule has 5 nitrogen and oxygen atoms in total. The molecule has 0 aromatic heterocycles. The number of benzene rings is 1. The molecule has 2 atom stereocenters. The lowest BCUT2D eigenvalue weighted by Gasteiger charge is -2.14. The van der Waals surface area contributed by atoms with Crippen molar-refractivity contribution < 1.29 is 19.4 Å². The number of carbonyl (C=O) groups is 2. The van der Waals surface area contributed by atoms with Gasteiger partial charge in [-0.05, 0) is 37.8 Å². The van der Waals surface area contributed by atoms with E-state index in [2.05, 4.69) is 5.32 Å². The molecule has 1 aromatic rings. The second-order valence-electron chi connectivity index (χ2n) is 5.38. The predicted octanol–water partition coefficient (Wildman–Crippen LogP) is 2.91. The van der Waals surface area contributed by atoms with Crippen LogP contribution < -0.4 is 10.1 Å². The molecule has 1 saturated carbocycles. The zero-order valence-corrected chi connectivity index (χ0v) is 12.2. The van der Waals surface area contributed by atoms with Crippen molar-refractivity contribution in [1.82, 2.24) is 0 Å². The third-order valence-corrected chi connectivity index (χ3v) is 3.76. The molecule has 2 N–H and O–H groups in total. The Labute approximate surface area is 124 Å². The highest BCUT2D eigenvalue weighted by molar-refractivity contribution is 5.94. The molecule has 2 rings (SSSR count). The first-order valence-corrected chi connectivity index (χ1v) is 7.37. The van der Waals surface area contributed by atoms with Crippen molar-refractivity contribution in [3.8, 4) is 5.75 Å². The van der Waals surface area contributed by atoms with E-state index in [4.69, 9.17) is 9.84 Å². The van der Waals surface area contributed by atoms with E-state index < -0.39 is 11.9 Å². The number of rotatable bonds is 6. The zero-order valence-electron chi connectivity index (χ0n) is 12.2. The summed E-state index contributed by atoms with van der Waals surface area (Å²) in [5.74, 6) is -0.901. The minimum atomic E-state index is -0.808. The van der Waals surface area contributed by atoms with Crippen LogP contribution in [-0.4, -0.2) is 23.6 Å². The number of para-hydroxylation sites is 2. The maximum Gasteiger partial charge on any atom is 0.306 e. The lowest BCUT2D eigenvalue weighted by atomic mass is 10.0. The Balaban J connectivity index is 1.98. The highest BCUT2D eigenvalue weighted by atomic mass is 16.5. The van der Waals surface area contributed by atoms with Crippen LogP contribution in [0.2, 0.25) is 0 Å². The van der Waals surface area contributed by atoms with Gasteiger partial charge in [0.1, 0.15) is 5.75 Å². The van der Waals surface area contributed by atoms with Crippen LogP contribution in [0.1, 0.15) is 32.6 Å². The maximum absolute atomic E-state index is 12.2. The molecular formula is C16H21NO4. The normalized spacial score (nSPS) is 21.0. The second-order valence-corrected chi connectivity index (χ2v) is 5.38. The summed E-state index contributed by atoms with van der Waals surface area (Å²) in [7, 11) is 0. The van der Waals surface area contributed by atoms with Crippen molar-refractivity contribution in [1.29, 1.82) is 0 Å². The van der Waals surface area contributed by atoms with E-state index in [0.717, 1.165) is 6.42 Å². The van der Waals surface area contributed by atoms with Crippen LogP contribution in [0.4, 0.5) is 5.69 Å². The van der Waals surface area contributed by atoms with E-state index in [1.807, 2.05) is 25.1 Å². The first-order valence-electron chi connectivity index (χ1n) is 7.37. The van der Waals surface area contributed by atoms with Gasteiger partial charge < -0.3 is 15.2 Å². The standard InChI is InChI=1S/C16H21NO4/c1-2-9-21-14-6-4-3-5-13(14)17-15(18)11-7-8-12(10-11)16(19)20/h3-6,11-12H,2,7-10H2,1H3,(H,17,18)(H,19,20)/t11-,12+/m1/s1. The summed E-state index contributed by atoms with van der Waals surface area (Å²) in [5.41, 5.74) is 0.648. The zero-order chi connectivity index (χ0) is 15.2. The quantitative estimate of drug-likeness (QED) is 0.845. The number of amides is 1. The van der Waals surface area contributed by atoms with Crippen LogP contribution in [0.3, 0.4) is 0 Å². The summed E-state index contributed by atoms with van der Waals surface area (Å²) >= 11 is 0. The van der Waals surface area contributed by atoms with Crippen LogP contribution in [0.5, 0.6) is 5.75 Å². The van der Waals surface area contributed by atoms with Gasteiger partial charge >= 0.3 is 5.97 Å². The molecule has 0 spiro atoms. The number of hydrogen-bond acceptors (Lipinski definition) is 3. The number of ether oxygens (including phenoxy) is 1. The molecule has 0 bridgehead atoms. The second kappa shape index (κ2) is 7.11. The lowest BCUT2D eigenvalue weighted by molar-refractivity contribution is -0.141. The number of aliphatic carboxylic acids is 1. The molecule has 1 aromatic carbocycles. The third kappa shape index (κ3) is 3.97. The summed E-state index contributed by atoms with van der Waals surface area (Å²) in [6.45, 7) is 2.61. The summed E-state index contributed by atoms with van der Waals surface area (Å²) in [6, 6.07) is 7.31. The van der Waals surface area contributed by atoms with E-state index >= 15 is 0 Å². The molecule has 1 amide bonds. The van der Waals surface area contributed by atoms with Crippen molar-refractivity contribution in [2.24, 2.45) is 11.8 Å². The SMILES string of the molecule is CCCOc1ccccc1NC(=O)[C@@H]1CC[C@H](C(=O)O)C1. The van der Waals surface area contributed by atoms with Gasteiger partial charge in [0.15, 0.2) is 0 Å². The van der Waals surface area contributed by atoms with Gasteiger partial charge in [-0.3, -0.25) is 9.59 Å². The lowest BCUT2D eigenvalue weighted by Crippen LogP contribution is -2.22. The number of nitrogens with one attached hydrogen (secondary N) is 1. The number of carbonyl (C=O) groups excluding carboxylic acids is 1. The number of anilines is 1. The van der Waals surface area contributed by atoms with E-state index in [1.165, 1.54) is 0 Å². The average molecular weight is 291 g/mol. The number of hydrogen-bond donors (Lipinski definition) is 2. The third-order valence-electron chi connectivity index (χ3n) is 3.76. The molecule has 1 aliphatic carbocycles. The summed E-state index contributed by atoms with van der Waals surface area (Å²) in [5, 5.41) is 11.9. The van der Waals surface area contributed by atoms with Crippen LogP contribution in [-0.2, 0) is 9.59 Å². The van der Waals surface area contributed by atoms with Crippen LogP contribution >= 0.6 is 0 Å². The Bertz CT molecular complexity index is 515. The van der Waals surface area contributed by atoms with E-state index in [1.54, 1.807) is 6.07 Å². The smallest absolute Gasteiger partial charge is 0.306 e. The number of carboxylic acids is 1. The van der Waals surface area contributed by atoms with E-state index in [-0.39, 0.29) is 11.8 Å². The fourth-order valence-corrected chi connectivity index (χ4v) is 2.59. The monoisotopic (exact) mass is 291 g/mol. The van der Waals surface area contributed by atoms with Crippen molar-refractivity contribution in [2.45, 2.75) is 32.6 Å². The van der Waals surface area contributed by atoms with Gasteiger partial charge in [-0.2, -0.15) is 0 Å². The van der Waals surface area contributed by atoms with Crippen molar-refractivity contribution in [3.05, 3.63) is 24.3 Å². The predicted molar refractivity (Wildman–Crippen MR) is 79.3 cm³/mol. The van der Waals surface area contributed by atoms with Crippen LogP contribution in [0, 0.1) is 11.8 Å². The Morgan fingerprint density at radius 2 is 2.00 bits per heavy atom. The van der Waals surface area contributed by atoms with E-state index in [9.17, 15) is 9.59 Å². The Morgan fingerprint density at radius 1 is 1.29 bits per heavy atom. The summed E-state index contributed by atoms with van der Waals surface area (Å²) < 4.78 is 5.60. The minimum absolute atomic E-state index is 0.119. The highest BCUT2D eigenvalue weighted by Gasteiger charge is 2.34. The Kier molecular flexibility index (Phi) is 5.20. The summed E-state index contributed by atoms with van der Waals surface area (Å²) in [4.78, 5) is 23.2. The van der Waals surface area contributed by atoms with Crippen molar-refractivity contribution >= 4 is 17.6 Å². The molecule has 1 fully saturated rings. The van der Waals surface area contributed by atoms with Gasteiger partial charge in [-0.15, -0.1) is 0 Å². The van der Waals surface area contributed by atoms with Crippen molar-refractivity contribution in [3.63, 3.8) is 0 Å². The topological polar surface area (TPSA) is 75.6 Å². The molecule has 0 unspecified atom stereocenters. The van der Waals surface area contributed by atoms with Gasteiger partial charge in [-0.1, -0.05) is 19.1 Å². The minimum Gasteiger partial charge on any atom is -0.491 e. The fraction of sp³-hybridized carbons (Fsp3) is 0.500. The van der Waals surface area contributed by atoms with Crippen LogP contribution in [0.25, 0.3) is 0 Å². The first kappa shape index (κ1) is 15.4. The first-order chi connectivity index (χ1) is 10.1. The maximum atomic E-state index is 12.2. The average Bonchev–Trinajstić information content (AvgIpc) is 2.96. The molecule has 0 radical (unpaired) electrons. The van der Waals surface area contributed by atoms with Crippen molar-refractivity contribution in [2.75, 3.05) is 11.9 Å². The molecule has 5 heteroatoms. The molecule has 114 valence electrons. The van der Waals surface area contributed by atoms with E-state index in [0.29, 0.717) is 37.3 Å². The largest absolute Gasteiger partial charge is 0.491 e. The molecule has 1 aliphatic rings. The molecule has 21 heavy (non-hydrogen) atoms. The van der Waals surface area contributed by atoms with Gasteiger partial charge in [0.25, 0.3) is 0 Å². The highest BCUT2D eigenvalue weighted by Crippen LogP contribution is 2.33. The molecule has 0 saturated heterocycles. The molecule has 0 heterocycles. The number of carboxylic acid groups (broad SMARTS) is 1. The van der Waals surface area contributed by atoms with Gasteiger partial charge in [-0.25, -0.2) is 0 Å². The Hall–Kier alpha value is -2.04. The van der Waals surface area contributed by atoms with Crippen LogP contribution in [0.15, 0.2) is 24.3 Å². The van der Waals surface area contributed by atoms with Gasteiger partial charge in [0.2, 0.25) is 5.91 Å².